The molecule has 2 aliphatic rings. The van der Waals surface area contributed by atoms with E-state index in [1.54, 1.807) is 0 Å². The van der Waals surface area contributed by atoms with E-state index in [9.17, 15) is 4.79 Å². The van der Waals surface area contributed by atoms with Gasteiger partial charge in [-0.25, -0.2) is 0 Å². The summed E-state index contributed by atoms with van der Waals surface area (Å²) in [6, 6.07) is 0.583. The average molecular weight is 297 g/mol. The minimum absolute atomic E-state index is 0.140. The molecule has 5 heteroatoms. The van der Waals surface area contributed by atoms with E-state index in [-0.39, 0.29) is 5.91 Å². The predicted octanol–water partition coefficient (Wildman–Crippen LogP) is 1.07. The molecule has 2 saturated heterocycles. The molecule has 2 rings (SSSR count). The monoisotopic (exact) mass is 297 g/mol. The van der Waals surface area contributed by atoms with Crippen molar-refractivity contribution in [2.24, 2.45) is 11.7 Å². The second kappa shape index (κ2) is 7.07. The van der Waals surface area contributed by atoms with E-state index in [0.717, 1.165) is 32.5 Å². The van der Waals surface area contributed by atoms with Gasteiger partial charge in [-0.2, -0.15) is 0 Å². The number of carbonyl (C=O) groups is 1. The molecule has 2 fully saturated rings. The first kappa shape index (κ1) is 16.7. The maximum atomic E-state index is 12.6. The molecule has 5 nitrogen and oxygen atoms in total. The van der Waals surface area contributed by atoms with Gasteiger partial charge in [0.25, 0.3) is 0 Å². The van der Waals surface area contributed by atoms with Gasteiger partial charge in [0.05, 0.1) is 5.54 Å². The molecule has 2 aliphatic heterocycles. The first-order chi connectivity index (χ1) is 9.92. The van der Waals surface area contributed by atoms with Crippen molar-refractivity contribution in [3.05, 3.63) is 0 Å². The quantitative estimate of drug-likeness (QED) is 0.843. The Kier molecular flexibility index (Phi) is 5.63. The molecule has 21 heavy (non-hydrogen) atoms. The van der Waals surface area contributed by atoms with E-state index in [1.165, 1.54) is 0 Å². The fourth-order valence-electron chi connectivity index (χ4n) is 3.20. The number of carbonyl (C=O) groups excluding carboxylic acids is 1. The Balaban J connectivity index is 1.82. The molecule has 0 bridgehead atoms. The maximum Gasteiger partial charge on any atom is 0.242 e. The Hall–Kier alpha value is -0.650. The molecule has 0 radical (unpaired) electrons. The van der Waals surface area contributed by atoms with E-state index in [0.29, 0.717) is 38.0 Å². The van der Waals surface area contributed by atoms with Crippen molar-refractivity contribution in [3.63, 3.8) is 0 Å². The molecule has 2 N–H and O–H groups in total. The zero-order valence-electron chi connectivity index (χ0n) is 13.8. The van der Waals surface area contributed by atoms with Crippen LogP contribution in [-0.4, -0.2) is 67.2 Å². The third kappa shape index (κ3) is 4.18. The first-order valence-corrected chi connectivity index (χ1v) is 8.28. The minimum atomic E-state index is -0.681. The van der Waals surface area contributed by atoms with Gasteiger partial charge in [0.1, 0.15) is 0 Å². The molecule has 0 spiro atoms. The van der Waals surface area contributed by atoms with E-state index in [1.807, 2.05) is 4.90 Å². The van der Waals surface area contributed by atoms with Gasteiger partial charge in [-0.15, -0.1) is 0 Å². The van der Waals surface area contributed by atoms with Crippen LogP contribution in [0.25, 0.3) is 0 Å². The van der Waals surface area contributed by atoms with Gasteiger partial charge < -0.3 is 20.3 Å². The van der Waals surface area contributed by atoms with Crippen molar-refractivity contribution in [1.29, 1.82) is 0 Å². The van der Waals surface area contributed by atoms with Crippen LogP contribution in [0.1, 0.15) is 39.5 Å². The van der Waals surface area contributed by atoms with Crippen molar-refractivity contribution in [2.75, 3.05) is 39.9 Å². The maximum absolute atomic E-state index is 12.6. The highest BCUT2D eigenvalue weighted by molar-refractivity contribution is 5.86. The van der Waals surface area contributed by atoms with E-state index < -0.39 is 5.54 Å². The number of piperidine rings is 1. The van der Waals surface area contributed by atoms with Gasteiger partial charge in [-0.05, 0) is 52.5 Å². The van der Waals surface area contributed by atoms with Gasteiger partial charge in [-0.3, -0.25) is 4.79 Å². The summed E-state index contributed by atoms with van der Waals surface area (Å²) in [4.78, 5) is 17.0. The lowest BCUT2D eigenvalue weighted by atomic mass is 9.88. The molecule has 0 saturated carbocycles. The van der Waals surface area contributed by atoms with Crippen LogP contribution in [0.4, 0.5) is 0 Å². The number of hydrogen-bond donors (Lipinski definition) is 1. The molecule has 0 atom stereocenters. The highest BCUT2D eigenvalue weighted by Crippen LogP contribution is 2.25. The second-order valence-electron chi connectivity index (χ2n) is 7.04. The number of nitrogens with two attached hydrogens (primary N) is 1. The summed E-state index contributed by atoms with van der Waals surface area (Å²) in [5.41, 5.74) is 5.63. The van der Waals surface area contributed by atoms with E-state index in [2.05, 4.69) is 25.8 Å². The standard InChI is InChI=1S/C16H31N3O2/c1-13(2)18(3)12-14-4-8-19(9-5-14)15(20)16(17)6-10-21-11-7-16/h13-14H,4-12,17H2,1-3H3. The Morgan fingerprint density at radius 1 is 1.33 bits per heavy atom. The summed E-state index contributed by atoms with van der Waals surface area (Å²) in [6.07, 6.45) is 3.49. The highest BCUT2D eigenvalue weighted by Gasteiger charge is 2.39. The molecule has 1 amide bonds. The van der Waals surface area contributed by atoms with Crippen LogP contribution in [0.5, 0.6) is 0 Å². The lowest BCUT2D eigenvalue weighted by Gasteiger charge is -2.40. The Bertz CT molecular complexity index is 345. The Morgan fingerprint density at radius 2 is 1.90 bits per heavy atom. The first-order valence-electron chi connectivity index (χ1n) is 8.28. The van der Waals surface area contributed by atoms with Crippen LogP contribution in [0.2, 0.25) is 0 Å². The van der Waals surface area contributed by atoms with Crippen LogP contribution in [0.3, 0.4) is 0 Å². The Labute approximate surface area is 128 Å². The summed E-state index contributed by atoms with van der Waals surface area (Å²) in [5.74, 6) is 0.839. The van der Waals surface area contributed by atoms with Crippen LogP contribution in [0.15, 0.2) is 0 Å². The van der Waals surface area contributed by atoms with Gasteiger partial charge in [0, 0.05) is 38.9 Å². The summed E-state index contributed by atoms with van der Waals surface area (Å²) in [5, 5.41) is 0. The number of likely N-dealkylation sites (tertiary alicyclic amines) is 1. The lowest BCUT2D eigenvalue weighted by Crippen LogP contribution is -2.59. The zero-order chi connectivity index (χ0) is 15.5. The number of nitrogens with zero attached hydrogens (tertiary/aromatic N) is 2. The van der Waals surface area contributed by atoms with Crippen LogP contribution in [0, 0.1) is 5.92 Å². The zero-order valence-corrected chi connectivity index (χ0v) is 13.8. The van der Waals surface area contributed by atoms with E-state index >= 15 is 0 Å². The number of hydrogen-bond acceptors (Lipinski definition) is 4. The van der Waals surface area contributed by atoms with Gasteiger partial charge >= 0.3 is 0 Å². The number of rotatable bonds is 4. The van der Waals surface area contributed by atoms with Gasteiger partial charge in [-0.1, -0.05) is 0 Å². The number of ether oxygens (including phenoxy) is 1. The lowest BCUT2D eigenvalue weighted by molar-refractivity contribution is -0.142. The third-order valence-electron chi connectivity index (χ3n) is 5.14. The highest BCUT2D eigenvalue weighted by atomic mass is 16.5. The molecule has 122 valence electrons. The molecule has 0 aromatic heterocycles. The summed E-state index contributed by atoms with van der Waals surface area (Å²) >= 11 is 0. The van der Waals surface area contributed by atoms with Crippen molar-refractivity contribution >= 4 is 5.91 Å². The van der Waals surface area contributed by atoms with Crippen molar-refractivity contribution < 1.29 is 9.53 Å². The molecule has 0 aliphatic carbocycles. The van der Waals surface area contributed by atoms with Crippen molar-refractivity contribution in [3.8, 4) is 0 Å². The fourth-order valence-corrected chi connectivity index (χ4v) is 3.20. The SMILES string of the molecule is CC(C)N(C)CC1CCN(C(=O)C2(N)CCOCC2)CC1. The molecule has 0 aromatic carbocycles. The van der Waals surface area contributed by atoms with Crippen molar-refractivity contribution in [2.45, 2.75) is 51.1 Å². The van der Waals surface area contributed by atoms with Crippen LogP contribution in [-0.2, 0) is 9.53 Å². The third-order valence-corrected chi connectivity index (χ3v) is 5.14. The smallest absolute Gasteiger partial charge is 0.242 e. The van der Waals surface area contributed by atoms with E-state index in [4.69, 9.17) is 10.5 Å². The fraction of sp³-hybridized carbons (Fsp3) is 0.938. The van der Waals surface area contributed by atoms with Crippen LogP contribution < -0.4 is 5.73 Å². The van der Waals surface area contributed by atoms with Gasteiger partial charge in [0.15, 0.2) is 0 Å². The summed E-state index contributed by atoms with van der Waals surface area (Å²) in [7, 11) is 2.18. The topological polar surface area (TPSA) is 58.8 Å². The molecule has 2 heterocycles. The van der Waals surface area contributed by atoms with Gasteiger partial charge in [0.2, 0.25) is 5.91 Å². The average Bonchev–Trinajstić information content (AvgIpc) is 2.48. The van der Waals surface area contributed by atoms with Crippen LogP contribution >= 0.6 is 0 Å². The molecular weight excluding hydrogens is 266 g/mol. The molecule has 0 aromatic rings. The molecular formula is C16H31N3O2. The summed E-state index contributed by atoms with van der Waals surface area (Å²) < 4.78 is 5.33. The van der Waals surface area contributed by atoms with Crippen molar-refractivity contribution in [1.82, 2.24) is 9.80 Å². The second-order valence-corrected chi connectivity index (χ2v) is 7.04. The molecule has 0 unspecified atom stereocenters. The predicted molar refractivity (Wildman–Crippen MR) is 84.0 cm³/mol. The largest absolute Gasteiger partial charge is 0.381 e. The minimum Gasteiger partial charge on any atom is -0.381 e. The Morgan fingerprint density at radius 3 is 2.43 bits per heavy atom. The number of amides is 1. The normalized spacial score (nSPS) is 23.8. The summed E-state index contributed by atoms with van der Waals surface area (Å²) in [6.45, 7) is 8.51.